The maximum atomic E-state index is 14.3. The lowest BCUT2D eigenvalue weighted by Gasteiger charge is -2.29. The van der Waals surface area contributed by atoms with Crippen LogP contribution < -0.4 is 15.5 Å². The lowest BCUT2D eigenvalue weighted by molar-refractivity contribution is -0.130. The van der Waals surface area contributed by atoms with E-state index in [9.17, 15) is 14.4 Å². The topological polar surface area (TPSA) is 94.3 Å². The second-order valence-corrected chi connectivity index (χ2v) is 10.7. The molecule has 3 amide bonds. The number of nitrogens with one attached hydrogen (secondary N) is 3. The smallest absolute Gasteiger partial charge is 0.250 e. The summed E-state index contributed by atoms with van der Waals surface area (Å²) in [6.07, 6.45) is 2.45. The Kier molecular flexibility index (Phi) is 4.50. The Bertz CT molecular complexity index is 1860. The van der Waals surface area contributed by atoms with Crippen molar-refractivity contribution >= 4 is 50.8 Å². The molecular weight excluding hydrogens is 488 g/mol. The Balaban J connectivity index is 1.28. The quantitative estimate of drug-likeness (QED) is 0.311. The SMILES string of the molecule is O=C1[C@@H]2[C@H](Cc3c[nH]c4ccccc34)N[C@]3(C(=O)Nc4ccccc43)[C@@H]2C(=O)N1c1ccc2ccccc2c1. The molecule has 0 radical (unpaired) electrons. The third-order valence-corrected chi connectivity index (χ3v) is 8.73. The molecule has 1 aromatic heterocycles. The van der Waals surface area contributed by atoms with Gasteiger partial charge in [0.05, 0.1) is 17.5 Å². The number of para-hydroxylation sites is 2. The Morgan fingerprint density at radius 2 is 1.56 bits per heavy atom. The molecule has 2 fully saturated rings. The van der Waals surface area contributed by atoms with Gasteiger partial charge in [-0.25, -0.2) is 4.90 Å². The Labute approximate surface area is 223 Å². The van der Waals surface area contributed by atoms with Crippen LogP contribution in [0.3, 0.4) is 0 Å². The van der Waals surface area contributed by atoms with Crippen molar-refractivity contribution in [2.24, 2.45) is 11.8 Å². The van der Waals surface area contributed by atoms with Gasteiger partial charge in [-0.15, -0.1) is 0 Å². The lowest BCUT2D eigenvalue weighted by atomic mass is 9.76. The van der Waals surface area contributed by atoms with E-state index in [4.69, 9.17) is 0 Å². The second kappa shape index (κ2) is 7.88. The van der Waals surface area contributed by atoms with Crippen LogP contribution in [0.4, 0.5) is 11.4 Å². The van der Waals surface area contributed by atoms with Gasteiger partial charge in [0.25, 0.3) is 0 Å². The zero-order valence-corrected chi connectivity index (χ0v) is 20.8. The predicted molar refractivity (Wildman–Crippen MR) is 149 cm³/mol. The highest BCUT2D eigenvalue weighted by Crippen LogP contribution is 2.54. The van der Waals surface area contributed by atoms with Gasteiger partial charge in [-0.3, -0.25) is 19.7 Å². The number of anilines is 2. The Morgan fingerprint density at radius 3 is 2.46 bits per heavy atom. The highest BCUT2D eigenvalue weighted by Gasteiger charge is 2.70. The number of imide groups is 1. The van der Waals surface area contributed by atoms with E-state index in [1.54, 1.807) is 0 Å². The second-order valence-electron chi connectivity index (χ2n) is 10.7. The van der Waals surface area contributed by atoms with Crippen molar-refractivity contribution in [3.63, 3.8) is 0 Å². The summed E-state index contributed by atoms with van der Waals surface area (Å²) in [4.78, 5) is 46.9. The minimum atomic E-state index is -1.32. The average molecular weight is 513 g/mol. The van der Waals surface area contributed by atoms with E-state index in [1.165, 1.54) is 4.90 Å². The molecule has 3 aliphatic rings. The number of H-pyrrole nitrogens is 1. The summed E-state index contributed by atoms with van der Waals surface area (Å²) >= 11 is 0. The van der Waals surface area contributed by atoms with E-state index < -0.39 is 23.4 Å². The molecule has 7 heteroatoms. The number of carbonyl (C=O) groups excluding carboxylic acids is 3. The molecule has 4 aromatic carbocycles. The van der Waals surface area contributed by atoms with Crippen molar-refractivity contribution < 1.29 is 14.4 Å². The molecule has 3 N–H and O–H groups in total. The van der Waals surface area contributed by atoms with E-state index >= 15 is 0 Å². The fourth-order valence-corrected chi connectivity index (χ4v) is 7.04. The molecule has 4 atom stereocenters. The van der Waals surface area contributed by atoms with Crippen LogP contribution in [-0.4, -0.2) is 28.7 Å². The summed E-state index contributed by atoms with van der Waals surface area (Å²) in [7, 11) is 0. The highest BCUT2D eigenvalue weighted by atomic mass is 16.2. The highest BCUT2D eigenvalue weighted by molar-refractivity contribution is 6.26. The van der Waals surface area contributed by atoms with Crippen molar-refractivity contribution in [2.75, 3.05) is 10.2 Å². The third-order valence-electron chi connectivity index (χ3n) is 8.73. The zero-order valence-electron chi connectivity index (χ0n) is 20.8. The molecule has 4 heterocycles. The zero-order chi connectivity index (χ0) is 26.3. The first-order valence-corrected chi connectivity index (χ1v) is 13.2. The fraction of sp³-hybridized carbons (Fsp3) is 0.156. The van der Waals surface area contributed by atoms with Crippen molar-refractivity contribution in [2.45, 2.75) is 18.0 Å². The predicted octanol–water partition coefficient (Wildman–Crippen LogP) is 4.49. The molecule has 8 rings (SSSR count). The van der Waals surface area contributed by atoms with E-state index in [2.05, 4.69) is 15.6 Å². The Morgan fingerprint density at radius 1 is 0.795 bits per heavy atom. The number of aromatic amines is 1. The summed E-state index contributed by atoms with van der Waals surface area (Å²) in [5.41, 5.74) is 2.64. The lowest BCUT2D eigenvalue weighted by Crippen LogP contribution is -2.53. The molecule has 0 unspecified atom stereocenters. The van der Waals surface area contributed by atoms with E-state index in [0.717, 1.165) is 27.2 Å². The van der Waals surface area contributed by atoms with Crippen LogP contribution in [0.25, 0.3) is 21.7 Å². The monoisotopic (exact) mass is 512 g/mol. The van der Waals surface area contributed by atoms with Gasteiger partial charge >= 0.3 is 0 Å². The molecule has 190 valence electrons. The molecular formula is C32H24N4O3. The normalized spacial score (nSPS) is 25.6. The van der Waals surface area contributed by atoms with Crippen LogP contribution in [0.1, 0.15) is 11.1 Å². The molecule has 0 aliphatic carbocycles. The molecule has 0 saturated carbocycles. The van der Waals surface area contributed by atoms with Gasteiger partial charge in [-0.05, 0) is 47.0 Å². The van der Waals surface area contributed by atoms with Gasteiger partial charge in [0, 0.05) is 34.4 Å². The van der Waals surface area contributed by atoms with Gasteiger partial charge in [0.15, 0.2) is 0 Å². The average Bonchev–Trinajstić information content (AvgIpc) is 3.67. The van der Waals surface area contributed by atoms with Crippen molar-refractivity contribution in [3.8, 4) is 0 Å². The van der Waals surface area contributed by atoms with Crippen LogP contribution in [0, 0.1) is 11.8 Å². The van der Waals surface area contributed by atoms with E-state index in [-0.39, 0.29) is 17.7 Å². The van der Waals surface area contributed by atoms with E-state index in [0.29, 0.717) is 23.4 Å². The number of benzene rings is 4. The third kappa shape index (κ3) is 2.93. The number of fused-ring (bicyclic) bond motifs is 6. The summed E-state index contributed by atoms with van der Waals surface area (Å²) in [5.74, 6) is -2.47. The van der Waals surface area contributed by atoms with Gasteiger partial charge in [-0.1, -0.05) is 66.7 Å². The number of nitrogens with zero attached hydrogens (tertiary/aromatic N) is 1. The first-order valence-electron chi connectivity index (χ1n) is 13.2. The molecule has 5 aromatic rings. The van der Waals surface area contributed by atoms with Gasteiger partial charge in [-0.2, -0.15) is 0 Å². The van der Waals surface area contributed by atoms with Crippen molar-refractivity contribution in [1.29, 1.82) is 0 Å². The van der Waals surface area contributed by atoms with Gasteiger partial charge in [0.2, 0.25) is 17.7 Å². The Hall–Kier alpha value is -4.75. The molecule has 0 bridgehead atoms. The maximum absolute atomic E-state index is 14.3. The molecule has 39 heavy (non-hydrogen) atoms. The summed E-state index contributed by atoms with van der Waals surface area (Å²) in [6.45, 7) is 0. The first-order chi connectivity index (χ1) is 19.1. The minimum absolute atomic E-state index is 0.272. The maximum Gasteiger partial charge on any atom is 0.250 e. The van der Waals surface area contributed by atoms with Crippen LogP contribution in [-0.2, 0) is 26.3 Å². The standard InChI is InChI=1S/C32H24N4O3/c37-29-27-26(16-20-17-33-24-11-5-3-9-22(20)24)35-32(23-10-4-6-12-25(23)34-31(32)39)28(27)30(38)36(29)21-14-13-18-7-1-2-8-19(18)15-21/h1-15,17,26-28,33,35H,16H2,(H,34,39)/t26-,27+,28-,32-/m0/s1. The summed E-state index contributed by atoms with van der Waals surface area (Å²) in [5, 5.41) is 9.56. The number of rotatable bonds is 3. The van der Waals surface area contributed by atoms with Crippen molar-refractivity contribution in [1.82, 2.24) is 10.3 Å². The largest absolute Gasteiger partial charge is 0.361 e. The van der Waals surface area contributed by atoms with Crippen LogP contribution in [0.2, 0.25) is 0 Å². The fourth-order valence-electron chi connectivity index (χ4n) is 7.04. The molecule has 1 spiro atoms. The summed E-state index contributed by atoms with van der Waals surface area (Å²) < 4.78 is 0. The number of amides is 3. The number of carbonyl (C=O) groups is 3. The van der Waals surface area contributed by atoms with Crippen LogP contribution >= 0.6 is 0 Å². The first kappa shape index (κ1) is 22.3. The minimum Gasteiger partial charge on any atom is -0.361 e. The van der Waals surface area contributed by atoms with Gasteiger partial charge < -0.3 is 10.3 Å². The van der Waals surface area contributed by atoms with E-state index in [1.807, 2.05) is 97.2 Å². The molecule has 2 saturated heterocycles. The van der Waals surface area contributed by atoms with Crippen molar-refractivity contribution in [3.05, 3.63) is 108 Å². The van der Waals surface area contributed by atoms with Crippen LogP contribution in [0.5, 0.6) is 0 Å². The molecule has 7 nitrogen and oxygen atoms in total. The van der Waals surface area contributed by atoms with Crippen LogP contribution in [0.15, 0.2) is 97.2 Å². The summed E-state index contributed by atoms with van der Waals surface area (Å²) in [6, 6.07) is 28.5. The number of hydrogen-bond donors (Lipinski definition) is 3. The number of hydrogen-bond acceptors (Lipinski definition) is 4. The molecule has 3 aliphatic heterocycles. The number of aromatic nitrogens is 1. The van der Waals surface area contributed by atoms with Gasteiger partial charge in [0.1, 0.15) is 5.54 Å².